The van der Waals surface area contributed by atoms with Crippen LogP contribution >= 0.6 is 11.6 Å². The number of carboxylic acids is 1. The van der Waals surface area contributed by atoms with Gasteiger partial charge in [0.1, 0.15) is 0 Å². The molecule has 2 aromatic carbocycles. The Morgan fingerprint density at radius 1 is 0.759 bits per heavy atom. The summed E-state index contributed by atoms with van der Waals surface area (Å²) in [4.78, 5) is 79.1. The first kappa shape index (κ1) is 41.2. The lowest BCUT2D eigenvalue weighted by Crippen LogP contribution is -2.69. The molecule has 17 heteroatoms. The van der Waals surface area contributed by atoms with E-state index in [9.17, 15) is 33.9 Å². The van der Waals surface area contributed by atoms with Gasteiger partial charge in [0.15, 0.2) is 6.04 Å². The molecule has 0 radical (unpaired) electrons. The van der Waals surface area contributed by atoms with E-state index in [0.717, 1.165) is 16.0 Å². The first-order chi connectivity index (χ1) is 26.0. The van der Waals surface area contributed by atoms with Gasteiger partial charge in [0, 0.05) is 71.7 Å². The van der Waals surface area contributed by atoms with E-state index in [0.29, 0.717) is 70.8 Å². The predicted molar refractivity (Wildman–Crippen MR) is 198 cm³/mol. The van der Waals surface area contributed by atoms with Gasteiger partial charge in [-0.3, -0.25) is 9.59 Å². The van der Waals surface area contributed by atoms with Gasteiger partial charge in [0.05, 0.1) is 25.0 Å². The second-order valence-electron chi connectivity index (χ2n) is 12.9. The zero-order valence-electron chi connectivity index (χ0n) is 30.1. The summed E-state index contributed by atoms with van der Waals surface area (Å²) in [5, 5.41) is 11.9. The summed E-state index contributed by atoms with van der Waals surface area (Å²) < 4.78 is 10.6. The quantitative estimate of drug-likeness (QED) is 0.124. The van der Waals surface area contributed by atoms with Gasteiger partial charge in [-0.1, -0.05) is 67.2 Å². The molecule has 0 bridgehead atoms. The molecule has 292 valence electrons. The number of hydrogen-bond acceptors (Lipinski definition) is 10. The number of rotatable bonds is 12. The van der Waals surface area contributed by atoms with Crippen molar-refractivity contribution in [1.29, 1.82) is 0 Å². The van der Waals surface area contributed by atoms with E-state index in [4.69, 9.17) is 26.8 Å². The van der Waals surface area contributed by atoms with Crippen molar-refractivity contribution in [1.82, 2.24) is 29.8 Å². The number of amides is 6. The Labute approximate surface area is 319 Å². The molecule has 5 rings (SSSR count). The molecule has 3 heterocycles. The van der Waals surface area contributed by atoms with Crippen LogP contribution in [-0.4, -0.2) is 143 Å². The number of urea groups is 1. The number of β-lactam (4-membered cyclic amide) rings is 1. The summed E-state index contributed by atoms with van der Waals surface area (Å²) in [5.41, 5.74) is 7.63. The minimum atomic E-state index is -1.21. The molecular formula is C37H48ClN7O9. The van der Waals surface area contributed by atoms with Gasteiger partial charge in [0.25, 0.3) is 0 Å². The lowest BCUT2D eigenvalue weighted by atomic mass is 9.83. The van der Waals surface area contributed by atoms with E-state index in [-0.39, 0.29) is 38.9 Å². The minimum Gasteiger partial charge on any atom is -0.480 e. The normalized spacial score (nSPS) is 18.1. The number of ether oxygens (including phenoxy) is 2. The molecule has 4 N–H and O–H groups in total. The van der Waals surface area contributed by atoms with Crippen LogP contribution in [0.5, 0.6) is 0 Å². The van der Waals surface area contributed by atoms with E-state index < -0.39 is 41.3 Å². The summed E-state index contributed by atoms with van der Waals surface area (Å²) in [7, 11) is 0. The number of imide groups is 1. The highest BCUT2D eigenvalue weighted by atomic mass is 35.5. The van der Waals surface area contributed by atoms with Crippen molar-refractivity contribution in [3.05, 3.63) is 84.2 Å². The molecule has 2 aromatic rings. The first-order valence-electron chi connectivity index (χ1n) is 17.8. The SMILES string of the molecule is C=C(N)NCCC[C@H]1C(=O)N(C(=O)N2CCN(C(=O)OCCc3ccccc3)CC2)C1C(=O)O.O=C(Cl)N1CCN(C(=O)OCCc2ccccc2)CC1. The molecule has 16 nitrogen and oxygen atoms in total. The van der Waals surface area contributed by atoms with Crippen LogP contribution in [0.25, 0.3) is 0 Å². The average Bonchev–Trinajstić information content (AvgIpc) is 3.17. The van der Waals surface area contributed by atoms with Gasteiger partial charge < -0.3 is 45.2 Å². The van der Waals surface area contributed by atoms with E-state index in [1.165, 1.54) is 14.7 Å². The van der Waals surface area contributed by atoms with Crippen LogP contribution in [0.3, 0.4) is 0 Å². The number of carboxylic acid groups (broad SMARTS) is 1. The van der Waals surface area contributed by atoms with E-state index in [2.05, 4.69) is 11.9 Å². The number of halogens is 1. The number of carbonyl (C=O) groups is 6. The highest BCUT2D eigenvalue weighted by molar-refractivity contribution is 6.62. The Morgan fingerprint density at radius 2 is 1.20 bits per heavy atom. The van der Waals surface area contributed by atoms with Gasteiger partial charge in [-0.05, 0) is 35.6 Å². The predicted octanol–water partition coefficient (Wildman–Crippen LogP) is 3.16. The first-order valence-corrected chi connectivity index (χ1v) is 18.2. The third-order valence-corrected chi connectivity index (χ3v) is 9.47. The third-order valence-electron chi connectivity index (χ3n) is 9.23. The molecule has 0 aliphatic carbocycles. The molecule has 0 saturated carbocycles. The van der Waals surface area contributed by atoms with Crippen LogP contribution in [0, 0.1) is 5.92 Å². The van der Waals surface area contributed by atoms with Crippen LogP contribution in [0.15, 0.2) is 73.1 Å². The number of benzene rings is 2. The Morgan fingerprint density at radius 3 is 1.63 bits per heavy atom. The Kier molecular flexibility index (Phi) is 15.8. The maximum atomic E-state index is 12.9. The maximum absolute atomic E-state index is 12.9. The number of carbonyl (C=O) groups excluding carboxylic acids is 5. The fourth-order valence-corrected chi connectivity index (χ4v) is 6.35. The Hall–Kier alpha value is -5.51. The topological polar surface area (TPSA) is 195 Å². The second kappa shape index (κ2) is 20.7. The fraction of sp³-hybridized carbons (Fsp3) is 0.459. The molecule has 3 fully saturated rings. The van der Waals surface area contributed by atoms with Crippen LogP contribution in [0.1, 0.15) is 24.0 Å². The molecule has 3 aliphatic heterocycles. The Bertz CT molecular complexity index is 1600. The lowest BCUT2D eigenvalue weighted by molar-refractivity contribution is -0.167. The standard InChI is InChI=1S/C23H31N5O6.C14H17ClN2O3/c1-16(24)25-10-5-8-18-19(21(30)31)28(20(18)29)22(32)26-11-13-27(14-12-26)23(33)34-15-9-17-6-3-2-4-7-17;15-13(18)16-7-9-17(10-8-16)14(19)20-11-6-12-4-2-1-3-5-12/h2-4,6-7,18-19,25H,1,5,8-15,24H2,(H,30,31);1-5H,6-11H2/t18-,19?;/m1./s1. The van der Waals surface area contributed by atoms with Crippen LogP contribution in [0.4, 0.5) is 19.2 Å². The van der Waals surface area contributed by atoms with Gasteiger partial charge >= 0.3 is 29.6 Å². The fourth-order valence-electron chi connectivity index (χ4n) is 6.18. The highest BCUT2D eigenvalue weighted by Crippen LogP contribution is 2.32. The summed E-state index contributed by atoms with van der Waals surface area (Å²) in [6.07, 6.45) is 1.36. The molecule has 0 aromatic heterocycles. The van der Waals surface area contributed by atoms with Crippen molar-refractivity contribution >= 4 is 47.1 Å². The summed E-state index contributed by atoms with van der Waals surface area (Å²) in [5.74, 6) is -2.16. The molecular weight excluding hydrogens is 722 g/mol. The monoisotopic (exact) mass is 769 g/mol. The number of nitrogens with zero attached hydrogens (tertiary/aromatic N) is 5. The van der Waals surface area contributed by atoms with Crippen molar-refractivity contribution in [2.75, 3.05) is 72.1 Å². The smallest absolute Gasteiger partial charge is 0.409 e. The van der Waals surface area contributed by atoms with Gasteiger partial charge in [-0.15, -0.1) is 0 Å². The van der Waals surface area contributed by atoms with Crippen LogP contribution in [-0.2, 0) is 31.9 Å². The van der Waals surface area contributed by atoms with Crippen LogP contribution in [0.2, 0.25) is 0 Å². The zero-order chi connectivity index (χ0) is 39.0. The van der Waals surface area contributed by atoms with E-state index in [1.807, 2.05) is 60.7 Å². The van der Waals surface area contributed by atoms with Gasteiger partial charge in [0.2, 0.25) is 5.91 Å². The zero-order valence-corrected chi connectivity index (χ0v) is 30.9. The van der Waals surface area contributed by atoms with Crippen LogP contribution < -0.4 is 11.1 Å². The number of aliphatic carboxylic acids is 1. The van der Waals surface area contributed by atoms with E-state index in [1.54, 1.807) is 4.90 Å². The average molecular weight is 770 g/mol. The molecule has 3 saturated heterocycles. The largest absolute Gasteiger partial charge is 0.480 e. The molecule has 2 atom stereocenters. The maximum Gasteiger partial charge on any atom is 0.409 e. The summed E-state index contributed by atoms with van der Waals surface area (Å²) in [6.45, 7) is 7.28. The van der Waals surface area contributed by atoms with Gasteiger partial charge in [-0.2, -0.15) is 0 Å². The lowest BCUT2D eigenvalue weighted by Gasteiger charge is -2.46. The highest BCUT2D eigenvalue weighted by Gasteiger charge is 2.55. The second-order valence-corrected chi connectivity index (χ2v) is 13.2. The van der Waals surface area contributed by atoms with Crippen molar-refractivity contribution in [3.63, 3.8) is 0 Å². The van der Waals surface area contributed by atoms with Crippen molar-refractivity contribution < 1.29 is 43.3 Å². The molecule has 6 amide bonds. The Balaban J connectivity index is 0.000000276. The molecule has 0 spiro atoms. The molecule has 3 aliphatic rings. The molecule has 54 heavy (non-hydrogen) atoms. The van der Waals surface area contributed by atoms with Crippen molar-refractivity contribution in [2.24, 2.45) is 11.7 Å². The van der Waals surface area contributed by atoms with Crippen molar-refractivity contribution in [2.45, 2.75) is 31.7 Å². The van der Waals surface area contributed by atoms with E-state index >= 15 is 0 Å². The number of nitrogens with one attached hydrogen (secondary N) is 1. The van der Waals surface area contributed by atoms with Crippen molar-refractivity contribution in [3.8, 4) is 0 Å². The summed E-state index contributed by atoms with van der Waals surface area (Å²) >= 11 is 5.39. The number of nitrogens with two attached hydrogens (primary N) is 1. The number of hydrogen-bond donors (Lipinski definition) is 3. The third kappa shape index (κ3) is 12.0. The minimum absolute atomic E-state index is 0.190. The number of piperazine rings is 2. The summed E-state index contributed by atoms with van der Waals surface area (Å²) in [6, 6.07) is 17.7. The number of likely N-dealkylation sites (tertiary alicyclic amines) is 1. The van der Waals surface area contributed by atoms with Gasteiger partial charge in [-0.25, -0.2) is 24.1 Å². The molecule has 1 unspecified atom stereocenters.